The number of carbonyl (C=O) groups excluding carboxylic acids is 4. The van der Waals surface area contributed by atoms with E-state index in [0.29, 0.717) is 5.56 Å². The lowest BCUT2D eigenvalue weighted by Gasteiger charge is -2.41. The topological polar surface area (TPSA) is 260 Å². The number of benzene rings is 1. The molecule has 20 heteroatoms. The summed E-state index contributed by atoms with van der Waals surface area (Å²) in [6.45, 7) is -1.05. The van der Waals surface area contributed by atoms with Crippen molar-refractivity contribution in [1.82, 2.24) is 14.6 Å². The van der Waals surface area contributed by atoms with Crippen LogP contribution in [-0.2, 0) is 50.4 Å². The number of nitrogens with two attached hydrogens (primary N) is 1. The Hall–Kier alpha value is -4.69. The van der Waals surface area contributed by atoms with E-state index in [0.717, 1.165) is 18.4 Å². The van der Waals surface area contributed by atoms with Crippen LogP contribution in [0.15, 0.2) is 34.8 Å². The number of esters is 2. The first-order chi connectivity index (χ1) is 18.3. The molecule has 2 heterocycles. The summed E-state index contributed by atoms with van der Waals surface area (Å²) in [5, 5.41) is 17.6. The third-order valence-corrected chi connectivity index (χ3v) is 6.47. The van der Waals surface area contributed by atoms with Crippen molar-refractivity contribution in [2.45, 2.75) is 18.7 Å². The molecule has 1 aliphatic rings. The van der Waals surface area contributed by atoms with Gasteiger partial charge in [-0.05, 0) is 17.7 Å². The molecule has 2 aromatic rings. The summed E-state index contributed by atoms with van der Waals surface area (Å²) in [5.41, 5.74) is 5.11. The van der Waals surface area contributed by atoms with Crippen LogP contribution < -0.4 is 11.1 Å². The Morgan fingerprint density at radius 1 is 1.31 bits per heavy atom. The number of hydrogen-bond donors (Lipinski definition) is 3. The van der Waals surface area contributed by atoms with Gasteiger partial charge in [0, 0.05) is 17.5 Å². The molecule has 3 rings (SSSR count). The fourth-order valence-electron chi connectivity index (χ4n) is 3.09. The number of thiazole rings is 1. The lowest BCUT2D eigenvalue weighted by Crippen LogP contribution is -2.74. The Kier molecular flexibility index (Phi) is 8.73. The van der Waals surface area contributed by atoms with Crippen LogP contribution in [0.3, 0.4) is 0 Å². The maximum atomic E-state index is 12.9. The number of nitrogens with zero attached hydrogens (tertiary/aromatic N) is 4. The first-order valence-corrected chi connectivity index (χ1v) is 12.6. The van der Waals surface area contributed by atoms with E-state index in [4.69, 9.17) is 15.3 Å². The van der Waals surface area contributed by atoms with Crippen molar-refractivity contribution in [2.24, 2.45) is 5.16 Å². The van der Waals surface area contributed by atoms with E-state index in [1.165, 1.54) is 29.6 Å². The first kappa shape index (κ1) is 28.9. The summed E-state index contributed by atoms with van der Waals surface area (Å²) < 4.78 is 41.3. The van der Waals surface area contributed by atoms with Crippen LogP contribution in [0, 0.1) is 10.1 Å². The zero-order chi connectivity index (χ0) is 28.9. The predicted octanol–water partition coefficient (Wildman–Crippen LogP) is -1.23. The number of β-lactam (4-membered cyclic amide) rings is 1. The number of methoxy groups -OCH3 is 1. The van der Waals surface area contributed by atoms with Gasteiger partial charge in [-0.15, -0.1) is 11.3 Å². The molecule has 18 nitrogen and oxygen atoms in total. The number of anilines is 1. The normalized spacial score (nSPS) is 17.1. The average molecular weight is 587 g/mol. The number of nitro benzene ring substituents is 1. The summed E-state index contributed by atoms with van der Waals surface area (Å²) >= 11 is 0.905. The SMILES string of the molecule is COC(=O)[C@@H]1[C@H](NC(=O)/C(=N\OCC(=O)OCc2ccc([N+](=O)[O-])cc2)c2csc(N)n2)C(=O)N1S(=O)(=O)O. The Labute approximate surface area is 222 Å². The molecule has 1 aromatic heterocycles. The van der Waals surface area contributed by atoms with Gasteiger partial charge in [0.2, 0.25) is 6.61 Å². The number of non-ortho nitro benzene ring substituents is 1. The third-order valence-electron chi connectivity index (χ3n) is 4.89. The molecule has 0 bridgehead atoms. The Morgan fingerprint density at radius 2 is 1.97 bits per heavy atom. The lowest BCUT2D eigenvalue weighted by atomic mass is 9.98. The number of nitrogen functional groups attached to an aromatic ring is 1. The lowest BCUT2D eigenvalue weighted by molar-refractivity contribution is -0.384. The minimum atomic E-state index is -5.14. The molecule has 0 spiro atoms. The van der Waals surface area contributed by atoms with Crippen LogP contribution in [0.1, 0.15) is 11.3 Å². The van der Waals surface area contributed by atoms with Gasteiger partial charge in [0.05, 0.1) is 12.0 Å². The molecule has 0 radical (unpaired) electrons. The van der Waals surface area contributed by atoms with Crippen LogP contribution in [0.2, 0.25) is 0 Å². The smallest absolute Gasteiger partial charge is 0.363 e. The zero-order valence-corrected chi connectivity index (χ0v) is 21.2. The number of oxime groups is 1. The second kappa shape index (κ2) is 11.8. The molecule has 1 aliphatic heterocycles. The second-order valence-electron chi connectivity index (χ2n) is 7.40. The second-order valence-corrected chi connectivity index (χ2v) is 9.58. The van der Waals surface area contributed by atoms with Gasteiger partial charge in [0.1, 0.15) is 18.3 Å². The quantitative estimate of drug-likeness (QED) is 0.0695. The van der Waals surface area contributed by atoms with Gasteiger partial charge >= 0.3 is 22.2 Å². The Balaban J connectivity index is 1.68. The Bertz CT molecular complexity index is 1440. The van der Waals surface area contributed by atoms with Gasteiger partial charge in [-0.2, -0.15) is 12.7 Å². The molecule has 208 valence electrons. The number of aromatic nitrogens is 1. The summed E-state index contributed by atoms with van der Waals surface area (Å²) in [4.78, 5) is 67.9. The van der Waals surface area contributed by atoms with Gasteiger partial charge in [-0.25, -0.2) is 14.6 Å². The molecule has 2 atom stereocenters. The van der Waals surface area contributed by atoms with Crippen LogP contribution >= 0.6 is 11.3 Å². The van der Waals surface area contributed by atoms with E-state index in [1.807, 2.05) is 0 Å². The van der Waals surface area contributed by atoms with Crippen molar-refractivity contribution in [2.75, 3.05) is 19.5 Å². The van der Waals surface area contributed by atoms with E-state index >= 15 is 0 Å². The molecule has 0 saturated carbocycles. The highest BCUT2D eigenvalue weighted by molar-refractivity contribution is 7.84. The molecule has 0 aliphatic carbocycles. The van der Waals surface area contributed by atoms with Crippen LogP contribution in [0.4, 0.5) is 10.8 Å². The number of ether oxygens (including phenoxy) is 2. The molecular formula is C19H18N6O12S2. The minimum absolute atomic E-state index is 0.0118. The molecular weight excluding hydrogens is 568 g/mol. The van der Waals surface area contributed by atoms with E-state index in [1.54, 1.807) is 0 Å². The van der Waals surface area contributed by atoms with Gasteiger partial charge in [0.25, 0.3) is 17.5 Å². The highest BCUT2D eigenvalue weighted by Gasteiger charge is 2.58. The first-order valence-electron chi connectivity index (χ1n) is 10.3. The van der Waals surface area contributed by atoms with Crippen LogP contribution in [-0.4, -0.2) is 82.4 Å². The molecule has 2 amide bonds. The molecule has 39 heavy (non-hydrogen) atoms. The Morgan fingerprint density at radius 3 is 2.51 bits per heavy atom. The van der Waals surface area contributed by atoms with E-state index < -0.39 is 63.4 Å². The number of rotatable bonds is 11. The number of hydrogen-bond acceptors (Lipinski definition) is 15. The zero-order valence-electron chi connectivity index (χ0n) is 19.6. The van der Waals surface area contributed by atoms with Gasteiger partial charge in [-0.3, -0.25) is 24.3 Å². The maximum Gasteiger partial charge on any atom is 0.363 e. The minimum Gasteiger partial charge on any atom is -0.467 e. The standard InChI is InChI=1S/C19H18N6O12S2/c1-35-18(29)15-14(17(28)24(15)39(32,33)34)22-16(27)13(11-8-38-19(20)21-11)23-37-7-12(26)36-6-9-2-4-10(5-3-9)25(30)31/h2-5,8,14-15H,6-7H2,1H3,(H2,20,21)(H,22,27)(H,32,33,34)/b23-13-/t14-,15-/m0/s1. The van der Waals surface area contributed by atoms with Crippen molar-refractivity contribution in [3.05, 3.63) is 51.0 Å². The van der Waals surface area contributed by atoms with Crippen molar-refractivity contribution in [3.63, 3.8) is 0 Å². The van der Waals surface area contributed by atoms with Crippen molar-refractivity contribution in [1.29, 1.82) is 0 Å². The van der Waals surface area contributed by atoms with Crippen LogP contribution in [0.25, 0.3) is 0 Å². The number of nitrogens with one attached hydrogen (secondary N) is 1. The molecule has 1 fully saturated rings. The van der Waals surface area contributed by atoms with Crippen molar-refractivity contribution >= 4 is 61.9 Å². The van der Waals surface area contributed by atoms with E-state index in [2.05, 4.69) is 20.2 Å². The molecule has 4 N–H and O–H groups in total. The summed E-state index contributed by atoms with van der Waals surface area (Å²) in [7, 11) is -4.25. The number of carbonyl (C=O) groups is 4. The number of amides is 2. The fraction of sp³-hybridized carbons (Fsp3) is 0.263. The third kappa shape index (κ3) is 6.80. The van der Waals surface area contributed by atoms with Crippen molar-refractivity contribution in [3.8, 4) is 0 Å². The molecule has 1 saturated heterocycles. The number of nitro groups is 1. The average Bonchev–Trinajstić information content (AvgIpc) is 3.31. The predicted molar refractivity (Wildman–Crippen MR) is 128 cm³/mol. The monoisotopic (exact) mass is 586 g/mol. The molecule has 1 aromatic carbocycles. The fourth-order valence-corrected chi connectivity index (χ4v) is 4.48. The van der Waals surface area contributed by atoms with Gasteiger partial charge in [-0.1, -0.05) is 5.16 Å². The molecule has 0 unspecified atom stereocenters. The largest absolute Gasteiger partial charge is 0.467 e. The maximum absolute atomic E-state index is 12.9. The van der Waals surface area contributed by atoms with Crippen molar-refractivity contribution < 1.29 is 51.4 Å². The highest BCUT2D eigenvalue weighted by Crippen LogP contribution is 2.25. The summed E-state index contributed by atoms with van der Waals surface area (Å²) in [5.74, 6) is -4.70. The van der Waals surface area contributed by atoms with E-state index in [9.17, 15) is 42.3 Å². The van der Waals surface area contributed by atoms with Crippen LogP contribution in [0.5, 0.6) is 0 Å². The van der Waals surface area contributed by atoms with E-state index in [-0.39, 0.29) is 27.4 Å². The summed E-state index contributed by atoms with van der Waals surface area (Å²) in [6.07, 6.45) is 0. The summed E-state index contributed by atoms with van der Waals surface area (Å²) in [6, 6.07) is 1.54. The highest BCUT2D eigenvalue weighted by atomic mass is 32.2. The van der Waals surface area contributed by atoms with Gasteiger partial charge in [0.15, 0.2) is 16.9 Å². The van der Waals surface area contributed by atoms with Gasteiger partial charge < -0.3 is 25.4 Å².